The van der Waals surface area contributed by atoms with Crippen molar-refractivity contribution in [2.24, 2.45) is 7.05 Å². The standard InChI is InChI=1S/C11H12N4O/c1-15-11(12)9(7-14-15)10(16)6-8-2-4-13-5-3-8/h2-5,7H,6,12H2,1H3. The van der Waals surface area contributed by atoms with E-state index in [9.17, 15) is 4.79 Å². The summed E-state index contributed by atoms with van der Waals surface area (Å²) in [5, 5.41) is 3.94. The Labute approximate surface area is 92.9 Å². The van der Waals surface area contributed by atoms with E-state index in [0.717, 1.165) is 5.56 Å². The van der Waals surface area contributed by atoms with Crippen molar-refractivity contribution in [2.75, 3.05) is 5.73 Å². The minimum Gasteiger partial charge on any atom is -0.383 e. The fraction of sp³-hybridized carbons (Fsp3) is 0.182. The molecule has 0 aliphatic rings. The van der Waals surface area contributed by atoms with Crippen LogP contribution in [0.1, 0.15) is 15.9 Å². The van der Waals surface area contributed by atoms with Crippen LogP contribution >= 0.6 is 0 Å². The van der Waals surface area contributed by atoms with E-state index in [2.05, 4.69) is 10.1 Å². The predicted octanol–water partition coefficient (Wildman–Crippen LogP) is 0.823. The third-order valence-electron chi connectivity index (χ3n) is 2.40. The molecule has 0 fully saturated rings. The van der Waals surface area contributed by atoms with Crippen molar-refractivity contribution in [3.05, 3.63) is 41.9 Å². The second-order valence-corrected chi connectivity index (χ2v) is 3.52. The second-order valence-electron chi connectivity index (χ2n) is 3.52. The number of pyridine rings is 1. The highest BCUT2D eigenvalue weighted by Crippen LogP contribution is 2.12. The Morgan fingerprint density at radius 3 is 2.69 bits per heavy atom. The molecule has 0 bridgehead atoms. The maximum atomic E-state index is 11.9. The van der Waals surface area contributed by atoms with Crippen molar-refractivity contribution in [3.63, 3.8) is 0 Å². The molecule has 5 nitrogen and oxygen atoms in total. The molecule has 2 aromatic rings. The zero-order valence-corrected chi connectivity index (χ0v) is 8.92. The Balaban J connectivity index is 2.18. The van der Waals surface area contributed by atoms with Crippen LogP contribution < -0.4 is 5.73 Å². The number of hydrogen-bond donors (Lipinski definition) is 1. The molecule has 0 saturated heterocycles. The van der Waals surface area contributed by atoms with Gasteiger partial charge in [0.15, 0.2) is 5.78 Å². The first-order valence-electron chi connectivity index (χ1n) is 4.88. The van der Waals surface area contributed by atoms with Gasteiger partial charge >= 0.3 is 0 Å². The lowest BCUT2D eigenvalue weighted by atomic mass is 10.1. The summed E-state index contributed by atoms with van der Waals surface area (Å²) in [4.78, 5) is 15.8. The fourth-order valence-electron chi connectivity index (χ4n) is 1.44. The molecule has 0 aliphatic heterocycles. The summed E-state index contributed by atoms with van der Waals surface area (Å²) in [7, 11) is 1.71. The van der Waals surface area contributed by atoms with Gasteiger partial charge in [0.1, 0.15) is 5.82 Å². The molecule has 0 atom stereocenters. The van der Waals surface area contributed by atoms with Crippen LogP contribution in [0.5, 0.6) is 0 Å². The number of nitrogen functional groups attached to an aromatic ring is 1. The van der Waals surface area contributed by atoms with Crippen LogP contribution in [0.25, 0.3) is 0 Å². The number of ketones is 1. The van der Waals surface area contributed by atoms with Crippen molar-refractivity contribution in [1.29, 1.82) is 0 Å². The molecule has 0 aliphatic carbocycles. The van der Waals surface area contributed by atoms with Crippen molar-refractivity contribution in [1.82, 2.24) is 14.8 Å². The van der Waals surface area contributed by atoms with Gasteiger partial charge in [0, 0.05) is 25.9 Å². The van der Waals surface area contributed by atoms with Gasteiger partial charge in [-0.15, -0.1) is 0 Å². The number of aromatic nitrogens is 3. The van der Waals surface area contributed by atoms with E-state index in [0.29, 0.717) is 17.8 Å². The number of Topliss-reactive ketones (excluding diaryl/α,β-unsaturated/α-hetero) is 1. The van der Waals surface area contributed by atoms with E-state index in [1.54, 1.807) is 19.4 Å². The summed E-state index contributed by atoms with van der Waals surface area (Å²) in [6, 6.07) is 3.62. The van der Waals surface area contributed by atoms with Gasteiger partial charge in [-0.2, -0.15) is 5.10 Å². The maximum Gasteiger partial charge on any atom is 0.172 e. The van der Waals surface area contributed by atoms with Gasteiger partial charge in [-0.05, 0) is 17.7 Å². The van der Waals surface area contributed by atoms with Crippen LogP contribution in [0.15, 0.2) is 30.7 Å². The van der Waals surface area contributed by atoms with Gasteiger partial charge in [-0.3, -0.25) is 14.5 Å². The number of nitrogens with two attached hydrogens (primary N) is 1. The van der Waals surface area contributed by atoms with Gasteiger partial charge in [0.2, 0.25) is 0 Å². The minimum absolute atomic E-state index is 0.0307. The van der Waals surface area contributed by atoms with E-state index in [1.807, 2.05) is 12.1 Å². The SMILES string of the molecule is Cn1ncc(C(=O)Cc2ccncc2)c1N. The lowest BCUT2D eigenvalue weighted by Gasteiger charge is -2.00. The molecule has 2 heterocycles. The number of hydrogen-bond acceptors (Lipinski definition) is 4. The van der Waals surface area contributed by atoms with E-state index >= 15 is 0 Å². The van der Waals surface area contributed by atoms with Crippen molar-refractivity contribution in [3.8, 4) is 0 Å². The molecule has 2 N–H and O–H groups in total. The third kappa shape index (κ3) is 1.93. The molecular weight excluding hydrogens is 204 g/mol. The first-order valence-corrected chi connectivity index (χ1v) is 4.88. The van der Waals surface area contributed by atoms with Gasteiger partial charge < -0.3 is 5.73 Å². The molecule has 2 rings (SSSR count). The van der Waals surface area contributed by atoms with Crippen LogP contribution in [-0.2, 0) is 13.5 Å². The molecule has 0 aromatic carbocycles. The summed E-state index contributed by atoms with van der Waals surface area (Å²) in [5.41, 5.74) is 7.12. The molecular formula is C11H12N4O. The zero-order chi connectivity index (χ0) is 11.5. The largest absolute Gasteiger partial charge is 0.383 e. The molecule has 0 amide bonds. The number of rotatable bonds is 3. The number of nitrogens with zero attached hydrogens (tertiary/aromatic N) is 3. The summed E-state index contributed by atoms with van der Waals surface area (Å²) in [6.45, 7) is 0. The zero-order valence-electron chi connectivity index (χ0n) is 8.92. The van der Waals surface area contributed by atoms with Crippen LogP contribution in [-0.4, -0.2) is 20.5 Å². The topological polar surface area (TPSA) is 73.8 Å². The monoisotopic (exact) mass is 216 g/mol. The second kappa shape index (κ2) is 4.14. The lowest BCUT2D eigenvalue weighted by molar-refractivity contribution is 0.0994. The Morgan fingerprint density at radius 1 is 1.44 bits per heavy atom. The van der Waals surface area contributed by atoms with Crippen molar-refractivity contribution < 1.29 is 4.79 Å². The average molecular weight is 216 g/mol. The number of carbonyl (C=O) groups excluding carboxylic acids is 1. The quantitative estimate of drug-likeness (QED) is 0.771. The normalized spacial score (nSPS) is 10.3. The number of aryl methyl sites for hydroxylation is 1. The number of carbonyl (C=O) groups is 1. The summed E-state index contributed by atoms with van der Waals surface area (Å²) >= 11 is 0. The molecule has 2 aromatic heterocycles. The molecule has 0 saturated carbocycles. The van der Waals surface area contributed by atoms with Crippen LogP contribution in [0, 0.1) is 0 Å². The minimum atomic E-state index is -0.0307. The molecule has 5 heteroatoms. The lowest BCUT2D eigenvalue weighted by Crippen LogP contribution is -2.07. The average Bonchev–Trinajstić information content (AvgIpc) is 2.61. The Morgan fingerprint density at radius 2 is 2.12 bits per heavy atom. The fourth-order valence-corrected chi connectivity index (χ4v) is 1.44. The van der Waals surface area contributed by atoms with Crippen molar-refractivity contribution >= 4 is 11.6 Å². The maximum absolute atomic E-state index is 11.9. The van der Waals surface area contributed by atoms with E-state index in [4.69, 9.17) is 5.73 Å². The van der Waals surface area contributed by atoms with Crippen LogP contribution in [0.3, 0.4) is 0 Å². The predicted molar refractivity (Wildman–Crippen MR) is 59.9 cm³/mol. The van der Waals surface area contributed by atoms with Crippen molar-refractivity contribution in [2.45, 2.75) is 6.42 Å². The Bertz CT molecular complexity index is 504. The molecule has 0 radical (unpaired) electrons. The number of anilines is 1. The van der Waals surface area contributed by atoms with E-state index < -0.39 is 0 Å². The highest BCUT2D eigenvalue weighted by Gasteiger charge is 2.13. The van der Waals surface area contributed by atoms with Crippen LogP contribution in [0.4, 0.5) is 5.82 Å². The van der Waals surface area contributed by atoms with E-state index in [1.165, 1.54) is 10.9 Å². The van der Waals surface area contributed by atoms with Gasteiger partial charge in [0.05, 0.1) is 11.8 Å². The van der Waals surface area contributed by atoms with Gasteiger partial charge in [0.25, 0.3) is 0 Å². The van der Waals surface area contributed by atoms with E-state index in [-0.39, 0.29) is 5.78 Å². The molecule has 0 spiro atoms. The highest BCUT2D eigenvalue weighted by atomic mass is 16.1. The highest BCUT2D eigenvalue weighted by molar-refractivity contribution is 6.01. The first-order chi connectivity index (χ1) is 7.68. The third-order valence-corrected chi connectivity index (χ3v) is 2.40. The summed E-state index contributed by atoms with van der Waals surface area (Å²) < 4.78 is 1.49. The van der Waals surface area contributed by atoms with Gasteiger partial charge in [-0.1, -0.05) is 0 Å². The smallest absolute Gasteiger partial charge is 0.172 e. The van der Waals surface area contributed by atoms with Gasteiger partial charge in [-0.25, -0.2) is 0 Å². The van der Waals surface area contributed by atoms with Crippen LogP contribution in [0.2, 0.25) is 0 Å². The summed E-state index contributed by atoms with van der Waals surface area (Å²) in [5.74, 6) is 0.371. The Hall–Kier alpha value is -2.17. The molecule has 0 unspecified atom stereocenters. The summed E-state index contributed by atoms with van der Waals surface area (Å²) in [6.07, 6.45) is 5.14. The Kier molecular flexibility index (Phi) is 2.68. The molecule has 82 valence electrons. The molecule has 16 heavy (non-hydrogen) atoms. The first kappa shape index (κ1) is 10.4.